The van der Waals surface area contributed by atoms with Crippen LogP contribution in [0.4, 0.5) is 0 Å². The molecule has 0 heterocycles. The second kappa shape index (κ2) is 6.92. The van der Waals surface area contributed by atoms with Crippen LogP contribution in [0.25, 0.3) is 0 Å². The molecule has 2 atom stereocenters. The highest BCUT2D eigenvalue weighted by molar-refractivity contribution is 5.88. The molecule has 4 nitrogen and oxygen atoms in total. The average Bonchev–Trinajstić information content (AvgIpc) is 2.37. The molecule has 0 aliphatic rings. The van der Waals surface area contributed by atoms with Gasteiger partial charge < -0.3 is 10.4 Å². The maximum absolute atomic E-state index is 11.9. The molecule has 0 spiro atoms. The Kier molecular flexibility index (Phi) is 5.55. The molecule has 1 rings (SSSR count). The molecule has 0 saturated carbocycles. The van der Waals surface area contributed by atoms with E-state index in [-0.39, 0.29) is 23.9 Å². The molecule has 0 aliphatic carbocycles. The molecule has 0 aromatic heterocycles. The summed E-state index contributed by atoms with van der Waals surface area (Å²) >= 11 is 0. The number of benzene rings is 1. The van der Waals surface area contributed by atoms with Gasteiger partial charge in [0.1, 0.15) is 0 Å². The van der Waals surface area contributed by atoms with E-state index < -0.39 is 5.97 Å². The molecule has 2 unspecified atom stereocenters. The maximum atomic E-state index is 11.9. The van der Waals surface area contributed by atoms with Gasteiger partial charge in [-0.15, -0.1) is 0 Å². The Morgan fingerprint density at radius 2 is 2.00 bits per heavy atom. The Morgan fingerprint density at radius 3 is 2.58 bits per heavy atom. The first-order chi connectivity index (χ1) is 8.93. The van der Waals surface area contributed by atoms with E-state index in [1.165, 1.54) is 12.1 Å². The quantitative estimate of drug-likeness (QED) is 0.828. The summed E-state index contributed by atoms with van der Waals surface area (Å²) in [4.78, 5) is 22.7. The van der Waals surface area contributed by atoms with Crippen molar-refractivity contribution in [3.05, 3.63) is 35.4 Å². The molecule has 2 N–H and O–H groups in total. The number of carbonyl (C=O) groups excluding carboxylic acids is 1. The van der Waals surface area contributed by atoms with Gasteiger partial charge in [-0.1, -0.05) is 32.4 Å². The van der Waals surface area contributed by atoms with Gasteiger partial charge in [0.15, 0.2) is 0 Å². The first-order valence-electron chi connectivity index (χ1n) is 6.55. The zero-order valence-corrected chi connectivity index (χ0v) is 11.6. The summed E-state index contributed by atoms with van der Waals surface area (Å²) in [5, 5.41) is 11.8. The van der Waals surface area contributed by atoms with Gasteiger partial charge in [-0.3, -0.25) is 4.79 Å². The number of carboxylic acids is 1. The van der Waals surface area contributed by atoms with E-state index in [0.717, 1.165) is 6.42 Å². The van der Waals surface area contributed by atoms with Crippen LogP contribution < -0.4 is 5.32 Å². The van der Waals surface area contributed by atoms with Crippen LogP contribution in [0.3, 0.4) is 0 Å². The zero-order chi connectivity index (χ0) is 14.4. The summed E-state index contributed by atoms with van der Waals surface area (Å²) in [5.74, 6) is -0.625. The van der Waals surface area contributed by atoms with Crippen LogP contribution in [0, 0.1) is 5.92 Å². The van der Waals surface area contributed by atoms with Gasteiger partial charge in [0, 0.05) is 6.04 Å². The lowest BCUT2D eigenvalue weighted by Gasteiger charge is -2.19. The van der Waals surface area contributed by atoms with Gasteiger partial charge in [-0.2, -0.15) is 0 Å². The number of hydrogen-bond donors (Lipinski definition) is 2. The Morgan fingerprint density at radius 1 is 1.32 bits per heavy atom. The third kappa shape index (κ3) is 4.73. The highest BCUT2D eigenvalue weighted by atomic mass is 16.4. The van der Waals surface area contributed by atoms with Gasteiger partial charge in [-0.05, 0) is 30.5 Å². The maximum Gasteiger partial charge on any atom is 0.335 e. The second-order valence-electron chi connectivity index (χ2n) is 4.92. The predicted octanol–water partition coefficient (Wildman–Crippen LogP) is 2.48. The number of carbonyl (C=O) groups is 2. The summed E-state index contributed by atoms with van der Waals surface area (Å²) in [6.45, 7) is 6.17. The Balaban J connectivity index is 2.62. The Bertz CT molecular complexity index is 456. The highest BCUT2D eigenvalue weighted by Gasteiger charge is 2.13. The standard InChI is InChI=1S/C15H21NO3/c1-4-10(2)11(3)16-14(17)9-12-6-5-7-13(8-12)15(18)19/h5-8,10-11H,4,9H2,1-3H3,(H,16,17)(H,18,19). The average molecular weight is 263 g/mol. The minimum Gasteiger partial charge on any atom is -0.478 e. The van der Waals surface area contributed by atoms with E-state index >= 15 is 0 Å². The topological polar surface area (TPSA) is 66.4 Å². The molecule has 0 fully saturated rings. The number of nitrogens with one attached hydrogen (secondary N) is 1. The van der Waals surface area contributed by atoms with Gasteiger partial charge in [0.2, 0.25) is 5.91 Å². The fraction of sp³-hybridized carbons (Fsp3) is 0.467. The molecule has 0 aliphatic heterocycles. The lowest BCUT2D eigenvalue weighted by atomic mass is 10.0. The first-order valence-corrected chi connectivity index (χ1v) is 6.55. The molecule has 4 heteroatoms. The second-order valence-corrected chi connectivity index (χ2v) is 4.92. The van der Waals surface area contributed by atoms with Crippen LogP contribution >= 0.6 is 0 Å². The van der Waals surface area contributed by atoms with Crippen LogP contribution in [0.1, 0.15) is 43.1 Å². The number of carboxylic acid groups (broad SMARTS) is 1. The minimum atomic E-state index is -0.977. The molecule has 1 aromatic carbocycles. The normalized spacial score (nSPS) is 13.6. The number of rotatable bonds is 6. The van der Waals surface area contributed by atoms with E-state index in [0.29, 0.717) is 11.5 Å². The van der Waals surface area contributed by atoms with Crippen molar-refractivity contribution in [3.8, 4) is 0 Å². The molecule has 0 radical (unpaired) electrons. The number of amides is 1. The lowest BCUT2D eigenvalue weighted by Crippen LogP contribution is -2.37. The van der Waals surface area contributed by atoms with Crippen LogP contribution in [0.2, 0.25) is 0 Å². The molecule has 1 aromatic rings. The van der Waals surface area contributed by atoms with Crippen molar-refractivity contribution in [2.45, 2.75) is 39.7 Å². The Labute approximate surface area is 113 Å². The van der Waals surface area contributed by atoms with Crippen molar-refractivity contribution in [3.63, 3.8) is 0 Å². The van der Waals surface area contributed by atoms with Crippen LogP contribution in [-0.2, 0) is 11.2 Å². The molecule has 104 valence electrons. The minimum absolute atomic E-state index is 0.0738. The van der Waals surface area contributed by atoms with E-state index in [2.05, 4.69) is 19.2 Å². The van der Waals surface area contributed by atoms with E-state index in [9.17, 15) is 9.59 Å². The molecule has 19 heavy (non-hydrogen) atoms. The van der Waals surface area contributed by atoms with Gasteiger partial charge in [0.25, 0.3) is 0 Å². The molecular formula is C15H21NO3. The van der Waals surface area contributed by atoms with Crippen molar-refractivity contribution < 1.29 is 14.7 Å². The predicted molar refractivity (Wildman–Crippen MR) is 74.2 cm³/mol. The molecule has 1 amide bonds. The van der Waals surface area contributed by atoms with E-state index in [4.69, 9.17) is 5.11 Å². The number of aromatic carboxylic acids is 1. The fourth-order valence-corrected chi connectivity index (χ4v) is 1.80. The fourth-order valence-electron chi connectivity index (χ4n) is 1.80. The van der Waals surface area contributed by atoms with Gasteiger partial charge in [-0.25, -0.2) is 4.79 Å². The van der Waals surface area contributed by atoms with Crippen molar-refractivity contribution >= 4 is 11.9 Å². The molecular weight excluding hydrogens is 242 g/mol. The SMILES string of the molecule is CCC(C)C(C)NC(=O)Cc1cccc(C(=O)O)c1. The molecule has 0 saturated heterocycles. The number of hydrogen-bond acceptors (Lipinski definition) is 2. The molecule has 0 bridgehead atoms. The van der Waals surface area contributed by atoms with Crippen molar-refractivity contribution in [2.75, 3.05) is 0 Å². The summed E-state index contributed by atoms with van der Waals surface area (Å²) in [6, 6.07) is 6.60. The highest BCUT2D eigenvalue weighted by Crippen LogP contribution is 2.09. The summed E-state index contributed by atoms with van der Waals surface area (Å²) in [7, 11) is 0. The summed E-state index contributed by atoms with van der Waals surface area (Å²) < 4.78 is 0. The van der Waals surface area contributed by atoms with Gasteiger partial charge in [0.05, 0.1) is 12.0 Å². The summed E-state index contributed by atoms with van der Waals surface area (Å²) in [6.07, 6.45) is 1.22. The Hall–Kier alpha value is -1.84. The van der Waals surface area contributed by atoms with Gasteiger partial charge >= 0.3 is 5.97 Å². The third-order valence-electron chi connectivity index (χ3n) is 3.42. The van der Waals surface area contributed by atoms with Crippen LogP contribution in [0.15, 0.2) is 24.3 Å². The van der Waals surface area contributed by atoms with Crippen LogP contribution in [0.5, 0.6) is 0 Å². The van der Waals surface area contributed by atoms with E-state index in [1.54, 1.807) is 12.1 Å². The summed E-state index contributed by atoms with van der Waals surface area (Å²) in [5.41, 5.74) is 0.925. The third-order valence-corrected chi connectivity index (χ3v) is 3.42. The van der Waals surface area contributed by atoms with E-state index in [1.807, 2.05) is 6.92 Å². The first kappa shape index (κ1) is 15.2. The van der Waals surface area contributed by atoms with Crippen molar-refractivity contribution in [1.82, 2.24) is 5.32 Å². The zero-order valence-electron chi connectivity index (χ0n) is 11.6. The smallest absolute Gasteiger partial charge is 0.335 e. The van der Waals surface area contributed by atoms with Crippen molar-refractivity contribution in [1.29, 1.82) is 0 Å². The van der Waals surface area contributed by atoms with Crippen LogP contribution in [-0.4, -0.2) is 23.0 Å². The van der Waals surface area contributed by atoms with Crippen molar-refractivity contribution in [2.24, 2.45) is 5.92 Å². The lowest BCUT2D eigenvalue weighted by molar-refractivity contribution is -0.121. The largest absolute Gasteiger partial charge is 0.478 e. The monoisotopic (exact) mass is 263 g/mol.